The van der Waals surface area contributed by atoms with Crippen molar-refractivity contribution in [1.82, 2.24) is 0 Å². The number of anilines is 1. The van der Waals surface area contributed by atoms with E-state index in [1.54, 1.807) is 19.9 Å². The lowest BCUT2D eigenvalue weighted by Crippen LogP contribution is -2.29. The summed E-state index contributed by atoms with van der Waals surface area (Å²) in [6.45, 7) is 3.33. The van der Waals surface area contributed by atoms with E-state index in [4.69, 9.17) is 9.84 Å². The molecule has 4 nitrogen and oxygen atoms in total. The van der Waals surface area contributed by atoms with Crippen molar-refractivity contribution in [2.45, 2.75) is 19.9 Å². The zero-order valence-corrected chi connectivity index (χ0v) is 10.0. The third-order valence-electron chi connectivity index (χ3n) is 2.69. The van der Waals surface area contributed by atoms with Gasteiger partial charge in [-0.05, 0) is 26.0 Å². The Morgan fingerprint density at radius 1 is 1.47 bits per heavy atom. The average Bonchev–Trinajstić information content (AvgIpc) is 2.28. The predicted octanol–water partition coefficient (Wildman–Crippen LogP) is 2.36. The van der Waals surface area contributed by atoms with Crippen LogP contribution in [0.2, 0.25) is 0 Å². The van der Waals surface area contributed by atoms with E-state index in [1.165, 1.54) is 19.2 Å². The van der Waals surface area contributed by atoms with E-state index in [9.17, 15) is 9.18 Å². The number of hydrogen-bond donors (Lipinski definition) is 2. The standard InChI is InChI=1S/C12H16FNO3/c1-7(12(15)16)8(2)14-9-4-5-11(17-3)10(13)6-9/h4-8,14H,1-3H3,(H,15,16). The molecule has 0 fully saturated rings. The van der Waals surface area contributed by atoms with Gasteiger partial charge >= 0.3 is 5.97 Å². The van der Waals surface area contributed by atoms with Crippen LogP contribution in [0.1, 0.15) is 13.8 Å². The van der Waals surface area contributed by atoms with Gasteiger partial charge in [0.05, 0.1) is 13.0 Å². The van der Waals surface area contributed by atoms with Crippen molar-refractivity contribution in [3.8, 4) is 5.75 Å². The molecular weight excluding hydrogens is 225 g/mol. The molecule has 0 aliphatic rings. The first-order chi connectivity index (χ1) is 7.95. The zero-order valence-electron chi connectivity index (χ0n) is 10.0. The molecular formula is C12H16FNO3. The minimum atomic E-state index is -0.890. The molecule has 0 bridgehead atoms. The van der Waals surface area contributed by atoms with Crippen molar-refractivity contribution >= 4 is 11.7 Å². The van der Waals surface area contributed by atoms with Crippen molar-refractivity contribution in [3.63, 3.8) is 0 Å². The maximum absolute atomic E-state index is 13.4. The molecule has 0 aliphatic carbocycles. The molecule has 1 rings (SSSR count). The van der Waals surface area contributed by atoms with Gasteiger partial charge in [-0.3, -0.25) is 4.79 Å². The van der Waals surface area contributed by atoms with Crippen LogP contribution in [-0.2, 0) is 4.79 Å². The Morgan fingerprint density at radius 3 is 2.59 bits per heavy atom. The van der Waals surface area contributed by atoms with E-state index in [0.717, 1.165) is 0 Å². The van der Waals surface area contributed by atoms with Gasteiger partial charge in [-0.25, -0.2) is 4.39 Å². The smallest absolute Gasteiger partial charge is 0.308 e. The lowest BCUT2D eigenvalue weighted by atomic mass is 10.0. The van der Waals surface area contributed by atoms with Crippen molar-refractivity contribution in [3.05, 3.63) is 24.0 Å². The Labute approximate surface area is 99.4 Å². The number of carboxylic acids is 1. The topological polar surface area (TPSA) is 58.6 Å². The fraction of sp³-hybridized carbons (Fsp3) is 0.417. The molecule has 0 saturated heterocycles. The highest BCUT2D eigenvalue weighted by atomic mass is 19.1. The Bertz CT molecular complexity index is 409. The van der Waals surface area contributed by atoms with Crippen molar-refractivity contribution in [1.29, 1.82) is 0 Å². The first kappa shape index (κ1) is 13.3. The van der Waals surface area contributed by atoms with Crippen LogP contribution < -0.4 is 10.1 Å². The molecule has 1 aromatic rings. The molecule has 0 spiro atoms. The van der Waals surface area contributed by atoms with Gasteiger partial charge in [0.15, 0.2) is 11.6 Å². The van der Waals surface area contributed by atoms with E-state index in [1.807, 2.05) is 0 Å². The number of hydrogen-bond acceptors (Lipinski definition) is 3. The van der Waals surface area contributed by atoms with E-state index < -0.39 is 17.7 Å². The first-order valence-corrected chi connectivity index (χ1v) is 5.28. The van der Waals surface area contributed by atoms with E-state index in [-0.39, 0.29) is 11.8 Å². The van der Waals surface area contributed by atoms with Crippen LogP contribution in [0.3, 0.4) is 0 Å². The number of carbonyl (C=O) groups is 1. The van der Waals surface area contributed by atoms with Crippen molar-refractivity contribution < 1.29 is 19.0 Å². The fourth-order valence-electron chi connectivity index (χ4n) is 1.36. The normalized spacial score (nSPS) is 13.9. The lowest BCUT2D eigenvalue weighted by Gasteiger charge is -2.19. The molecule has 2 N–H and O–H groups in total. The number of ether oxygens (including phenoxy) is 1. The summed E-state index contributed by atoms with van der Waals surface area (Å²) in [7, 11) is 1.39. The first-order valence-electron chi connectivity index (χ1n) is 5.28. The van der Waals surface area contributed by atoms with Crippen LogP contribution in [0.5, 0.6) is 5.75 Å². The minimum Gasteiger partial charge on any atom is -0.494 e. The van der Waals surface area contributed by atoms with Gasteiger partial charge in [-0.2, -0.15) is 0 Å². The van der Waals surface area contributed by atoms with E-state index in [2.05, 4.69) is 5.32 Å². The highest BCUT2D eigenvalue weighted by molar-refractivity contribution is 5.71. The third kappa shape index (κ3) is 3.34. The fourth-order valence-corrected chi connectivity index (χ4v) is 1.36. The van der Waals surface area contributed by atoms with Gasteiger partial charge in [0.1, 0.15) is 0 Å². The minimum absolute atomic E-state index is 0.162. The summed E-state index contributed by atoms with van der Waals surface area (Å²) >= 11 is 0. The quantitative estimate of drug-likeness (QED) is 0.830. The number of rotatable bonds is 5. The second-order valence-electron chi connectivity index (χ2n) is 3.91. The molecule has 0 aromatic heterocycles. The van der Waals surface area contributed by atoms with Crippen LogP contribution in [0.4, 0.5) is 10.1 Å². The number of carboxylic acid groups (broad SMARTS) is 1. The Balaban J connectivity index is 2.75. The Hall–Kier alpha value is -1.78. The Morgan fingerprint density at radius 2 is 2.12 bits per heavy atom. The maximum Gasteiger partial charge on any atom is 0.308 e. The number of methoxy groups -OCH3 is 1. The summed E-state index contributed by atoms with van der Waals surface area (Å²) in [5.41, 5.74) is 0.531. The molecule has 0 amide bonds. The molecule has 2 atom stereocenters. The summed E-state index contributed by atoms with van der Waals surface area (Å²) in [6, 6.07) is 4.13. The summed E-state index contributed by atoms with van der Waals surface area (Å²) in [5, 5.41) is 11.8. The molecule has 17 heavy (non-hydrogen) atoms. The largest absolute Gasteiger partial charge is 0.494 e. The van der Waals surface area contributed by atoms with Gasteiger partial charge < -0.3 is 15.2 Å². The van der Waals surface area contributed by atoms with E-state index in [0.29, 0.717) is 5.69 Å². The van der Waals surface area contributed by atoms with Crippen LogP contribution in [-0.4, -0.2) is 24.2 Å². The molecule has 5 heteroatoms. The highest BCUT2D eigenvalue weighted by Crippen LogP contribution is 2.22. The summed E-state index contributed by atoms with van der Waals surface area (Å²) in [6.07, 6.45) is 0. The molecule has 0 heterocycles. The van der Waals surface area contributed by atoms with Crippen LogP contribution in [0, 0.1) is 11.7 Å². The second kappa shape index (κ2) is 5.52. The molecule has 0 radical (unpaired) electrons. The lowest BCUT2D eigenvalue weighted by molar-refractivity contribution is -0.141. The molecule has 0 saturated carbocycles. The average molecular weight is 241 g/mol. The Kier molecular flexibility index (Phi) is 4.31. The number of aliphatic carboxylic acids is 1. The van der Waals surface area contributed by atoms with Crippen molar-refractivity contribution in [2.24, 2.45) is 5.92 Å². The van der Waals surface area contributed by atoms with Gasteiger partial charge in [0.25, 0.3) is 0 Å². The number of nitrogens with one attached hydrogen (secondary N) is 1. The van der Waals surface area contributed by atoms with Crippen LogP contribution >= 0.6 is 0 Å². The number of halogens is 1. The van der Waals surface area contributed by atoms with Crippen LogP contribution in [0.15, 0.2) is 18.2 Å². The van der Waals surface area contributed by atoms with Crippen LogP contribution in [0.25, 0.3) is 0 Å². The predicted molar refractivity (Wildman–Crippen MR) is 62.8 cm³/mol. The van der Waals surface area contributed by atoms with Gasteiger partial charge in [0, 0.05) is 17.8 Å². The number of benzene rings is 1. The molecule has 2 unspecified atom stereocenters. The summed E-state index contributed by atoms with van der Waals surface area (Å²) in [4.78, 5) is 10.8. The molecule has 0 aliphatic heterocycles. The molecule has 1 aromatic carbocycles. The zero-order chi connectivity index (χ0) is 13.0. The van der Waals surface area contributed by atoms with Gasteiger partial charge in [0.2, 0.25) is 0 Å². The van der Waals surface area contributed by atoms with Gasteiger partial charge in [-0.15, -0.1) is 0 Å². The van der Waals surface area contributed by atoms with Gasteiger partial charge in [-0.1, -0.05) is 0 Å². The SMILES string of the molecule is COc1ccc(NC(C)C(C)C(=O)O)cc1F. The summed E-state index contributed by atoms with van der Waals surface area (Å²) in [5.74, 6) is -1.76. The monoisotopic (exact) mass is 241 g/mol. The summed E-state index contributed by atoms with van der Waals surface area (Å²) < 4.78 is 18.2. The molecule has 94 valence electrons. The maximum atomic E-state index is 13.4. The second-order valence-corrected chi connectivity index (χ2v) is 3.91. The third-order valence-corrected chi connectivity index (χ3v) is 2.69. The van der Waals surface area contributed by atoms with E-state index >= 15 is 0 Å². The van der Waals surface area contributed by atoms with Crippen molar-refractivity contribution in [2.75, 3.05) is 12.4 Å². The highest BCUT2D eigenvalue weighted by Gasteiger charge is 2.19.